The highest BCUT2D eigenvalue weighted by atomic mass is 35.5. The van der Waals surface area contributed by atoms with Crippen LogP contribution in [0.5, 0.6) is 5.75 Å². The zero-order valence-electron chi connectivity index (χ0n) is 14.2. The highest BCUT2D eigenvalue weighted by Gasteiger charge is 2.18. The highest BCUT2D eigenvalue weighted by Crippen LogP contribution is 2.26. The first-order chi connectivity index (χ1) is 12.6. The Morgan fingerprint density at radius 2 is 2.15 bits per heavy atom. The average molecular weight is 389 g/mol. The maximum atomic E-state index is 12.4. The molecular formula is C18H17ClN4O2S. The molecule has 0 saturated heterocycles. The normalized spacial score (nSPS) is 11.8. The van der Waals surface area contributed by atoms with E-state index in [1.165, 1.54) is 18.0 Å². The fourth-order valence-electron chi connectivity index (χ4n) is 2.22. The van der Waals surface area contributed by atoms with Crippen molar-refractivity contribution in [2.45, 2.75) is 17.3 Å². The topological polar surface area (TPSA) is 69.0 Å². The van der Waals surface area contributed by atoms with Crippen LogP contribution in [-0.2, 0) is 4.79 Å². The number of carbonyl (C=O) groups is 1. The monoisotopic (exact) mass is 388 g/mol. The molecule has 0 saturated carbocycles. The van der Waals surface area contributed by atoms with Crippen LogP contribution in [0.1, 0.15) is 6.92 Å². The molecule has 1 aromatic carbocycles. The number of imidazole rings is 1. The van der Waals surface area contributed by atoms with Gasteiger partial charge in [-0.25, -0.2) is 9.97 Å². The highest BCUT2D eigenvalue weighted by molar-refractivity contribution is 8.00. The molecule has 3 rings (SSSR count). The van der Waals surface area contributed by atoms with E-state index in [-0.39, 0.29) is 11.2 Å². The molecule has 0 fully saturated rings. The number of anilines is 1. The van der Waals surface area contributed by atoms with Gasteiger partial charge in [0.25, 0.3) is 0 Å². The number of carbonyl (C=O) groups excluding carboxylic acids is 1. The third-order valence-corrected chi connectivity index (χ3v) is 4.87. The first-order valence-electron chi connectivity index (χ1n) is 7.83. The number of hydrogen-bond acceptors (Lipinski definition) is 5. The van der Waals surface area contributed by atoms with Crippen LogP contribution in [0.2, 0.25) is 5.02 Å². The smallest absolute Gasteiger partial charge is 0.238 e. The number of methoxy groups -OCH3 is 1. The molecule has 6 nitrogen and oxygen atoms in total. The summed E-state index contributed by atoms with van der Waals surface area (Å²) < 4.78 is 7.18. The van der Waals surface area contributed by atoms with E-state index in [0.29, 0.717) is 16.0 Å². The number of aromatic nitrogens is 3. The van der Waals surface area contributed by atoms with Crippen LogP contribution in [-0.4, -0.2) is 32.8 Å². The molecule has 0 aliphatic rings. The van der Waals surface area contributed by atoms with Gasteiger partial charge in [0.1, 0.15) is 11.6 Å². The van der Waals surface area contributed by atoms with Gasteiger partial charge < -0.3 is 10.1 Å². The fraction of sp³-hybridized carbons (Fsp3) is 0.167. The van der Waals surface area contributed by atoms with Crippen molar-refractivity contribution in [1.82, 2.24) is 14.5 Å². The first-order valence-corrected chi connectivity index (χ1v) is 9.09. The summed E-state index contributed by atoms with van der Waals surface area (Å²) in [5.74, 6) is 1.06. The van der Waals surface area contributed by atoms with E-state index in [1.807, 2.05) is 42.0 Å². The quantitative estimate of drug-likeness (QED) is 0.645. The molecule has 134 valence electrons. The number of nitrogens with zero attached hydrogens (tertiary/aromatic N) is 3. The molecule has 8 heteroatoms. The number of halogens is 1. The van der Waals surface area contributed by atoms with Gasteiger partial charge in [0.05, 0.1) is 23.1 Å². The summed E-state index contributed by atoms with van der Waals surface area (Å²) in [7, 11) is 1.62. The minimum Gasteiger partial charge on any atom is -0.497 e. The standard InChI is InChI=1S/C18H17ClN4O2S/c1-12(17(24)22-16-7-6-13(19)11-21-16)26-18-20-8-9-23(18)14-4-3-5-15(10-14)25-2/h3-12H,1-2H3,(H,21,22,24). The predicted molar refractivity (Wildman–Crippen MR) is 103 cm³/mol. The summed E-state index contributed by atoms with van der Waals surface area (Å²) in [4.78, 5) is 20.8. The summed E-state index contributed by atoms with van der Waals surface area (Å²) in [5, 5.41) is 3.64. The van der Waals surface area contributed by atoms with Crippen molar-refractivity contribution in [2.75, 3.05) is 12.4 Å². The van der Waals surface area contributed by atoms with Gasteiger partial charge in [-0.05, 0) is 31.2 Å². The molecule has 2 heterocycles. The van der Waals surface area contributed by atoms with Crippen molar-refractivity contribution in [1.29, 1.82) is 0 Å². The van der Waals surface area contributed by atoms with Crippen molar-refractivity contribution in [3.8, 4) is 11.4 Å². The van der Waals surface area contributed by atoms with Gasteiger partial charge >= 0.3 is 0 Å². The van der Waals surface area contributed by atoms with Gasteiger partial charge in [0.2, 0.25) is 5.91 Å². The lowest BCUT2D eigenvalue weighted by Gasteiger charge is -2.13. The number of ether oxygens (including phenoxy) is 1. The Hall–Kier alpha value is -2.51. The molecule has 0 aliphatic carbocycles. The summed E-state index contributed by atoms with van der Waals surface area (Å²) in [6.07, 6.45) is 5.04. The van der Waals surface area contributed by atoms with E-state index in [0.717, 1.165) is 11.4 Å². The van der Waals surface area contributed by atoms with Crippen LogP contribution < -0.4 is 10.1 Å². The molecule has 3 aromatic rings. The van der Waals surface area contributed by atoms with E-state index < -0.39 is 0 Å². The van der Waals surface area contributed by atoms with Gasteiger partial charge in [0.15, 0.2) is 5.16 Å². The maximum Gasteiger partial charge on any atom is 0.238 e. The van der Waals surface area contributed by atoms with Gasteiger partial charge in [-0.2, -0.15) is 0 Å². The molecular weight excluding hydrogens is 372 g/mol. The minimum atomic E-state index is -0.362. The molecule has 0 bridgehead atoms. The lowest BCUT2D eigenvalue weighted by molar-refractivity contribution is -0.115. The second kappa shape index (κ2) is 8.25. The van der Waals surface area contributed by atoms with Gasteiger partial charge in [-0.15, -0.1) is 0 Å². The Kier molecular flexibility index (Phi) is 5.80. The second-order valence-corrected chi connectivity index (χ2v) is 7.14. The average Bonchev–Trinajstić information content (AvgIpc) is 3.11. The minimum absolute atomic E-state index is 0.162. The zero-order valence-corrected chi connectivity index (χ0v) is 15.8. The number of hydrogen-bond donors (Lipinski definition) is 1. The largest absolute Gasteiger partial charge is 0.497 e. The van der Waals surface area contributed by atoms with E-state index in [1.54, 1.807) is 25.4 Å². The molecule has 1 atom stereocenters. The molecule has 2 aromatic heterocycles. The van der Waals surface area contributed by atoms with Crippen molar-refractivity contribution in [2.24, 2.45) is 0 Å². The van der Waals surface area contributed by atoms with Crippen LogP contribution >= 0.6 is 23.4 Å². The van der Waals surface area contributed by atoms with Gasteiger partial charge in [0, 0.05) is 24.7 Å². The molecule has 26 heavy (non-hydrogen) atoms. The Morgan fingerprint density at radius 1 is 1.31 bits per heavy atom. The molecule has 1 N–H and O–H groups in total. The lowest BCUT2D eigenvalue weighted by Crippen LogP contribution is -2.23. The zero-order chi connectivity index (χ0) is 18.5. The van der Waals surface area contributed by atoms with E-state index in [2.05, 4.69) is 15.3 Å². The Balaban J connectivity index is 1.71. The predicted octanol–water partition coefficient (Wildman–Crippen LogP) is 4.05. The van der Waals surface area contributed by atoms with Crippen LogP contribution in [0.3, 0.4) is 0 Å². The molecule has 0 aliphatic heterocycles. The van der Waals surface area contributed by atoms with E-state index in [9.17, 15) is 4.79 Å². The van der Waals surface area contributed by atoms with Gasteiger partial charge in [-0.3, -0.25) is 9.36 Å². The molecule has 0 radical (unpaired) electrons. The van der Waals surface area contributed by atoms with Crippen LogP contribution in [0.25, 0.3) is 5.69 Å². The van der Waals surface area contributed by atoms with Crippen molar-refractivity contribution in [3.63, 3.8) is 0 Å². The number of thioether (sulfide) groups is 1. The van der Waals surface area contributed by atoms with Crippen molar-refractivity contribution < 1.29 is 9.53 Å². The Labute approximate surface area is 160 Å². The van der Waals surface area contributed by atoms with Gasteiger partial charge in [-0.1, -0.05) is 29.4 Å². The third-order valence-electron chi connectivity index (χ3n) is 3.57. The maximum absolute atomic E-state index is 12.4. The molecule has 1 amide bonds. The summed E-state index contributed by atoms with van der Waals surface area (Å²) in [5.41, 5.74) is 0.913. The molecule has 0 spiro atoms. The van der Waals surface area contributed by atoms with Crippen LogP contribution in [0, 0.1) is 0 Å². The summed E-state index contributed by atoms with van der Waals surface area (Å²) >= 11 is 7.16. The van der Waals surface area contributed by atoms with E-state index >= 15 is 0 Å². The van der Waals surface area contributed by atoms with Crippen molar-refractivity contribution >= 4 is 35.1 Å². The fourth-order valence-corrected chi connectivity index (χ4v) is 3.22. The van der Waals surface area contributed by atoms with Crippen LogP contribution in [0.4, 0.5) is 5.82 Å². The lowest BCUT2D eigenvalue weighted by atomic mass is 10.3. The van der Waals surface area contributed by atoms with Crippen molar-refractivity contribution in [3.05, 3.63) is 60.0 Å². The number of benzene rings is 1. The molecule has 1 unspecified atom stereocenters. The summed E-state index contributed by atoms with van der Waals surface area (Å²) in [6, 6.07) is 11.0. The Bertz CT molecular complexity index is 898. The van der Waals surface area contributed by atoms with E-state index in [4.69, 9.17) is 16.3 Å². The SMILES string of the molecule is COc1cccc(-n2ccnc2SC(C)C(=O)Nc2ccc(Cl)cn2)c1. The second-order valence-electron chi connectivity index (χ2n) is 5.39. The Morgan fingerprint density at radius 3 is 2.88 bits per heavy atom. The number of amides is 1. The number of pyridine rings is 1. The third kappa shape index (κ3) is 4.36. The number of nitrogens with one attached hydrogen (secondary N) is 1. The van der Waals surface area contributed by atoms with Crippen LogP contribution in [0.15, 0.2) is 60.1 Å². The number of rotatable bonds is 6. The first kappa shape index (κ1) is 18.3. The summed E-state index contributed by atoms with van der Waals surface area (Å²) in [6.45, 7) is 1.82.